The fourth-order valence-electron chi connectivity index (χ4n) is 9.12. The normalized spacial score (nSPS) is 12.4. The molecule has 2 fully saturated rings. The number of nitrogens with one attached hydrogen (secondary N) is 4. The minimum Gasteiger partial charge on any atom is -0.542 e. The number of aliphatic carboxylic acids is 2. The van der Waals surface area contributed by atoms with E-state index in [0.29, 0.717) is 116 Å². The Balaban J connectivity index is 0.000000226. The van der Waals surface area contributed by atoms with Gasteiger partial charge >= 0.3 is 24.4 Å². The first kappa shape index (κ1) is 72.9. The summed E-state index contributed by atoms with van der Waals surface area (Å²) in [7, 11) is 0. The van der Waals surface area contributed by atoms with E-state index in [1.807, 2.05) is 98.8 Å². The molecule has 0 bridgehead atoms. The molecule has 2 heterocycles. The maximum Gasteiger partial charge on any atom is 0.430 e. The van der Waals surface area contributed by atoms with Crippen LogP contribution < -0.4 is 64.2 Å². The Kier molecular flexibility index (Phi) is 25.1. The molecule has 96 heavy (non-hydrogen) atoms. The number of rotatable bonds is 20. The van der Waals surface area contributed by atoms with Crippen molar-refractivity contribution in [3.8, 4) is 22.5 Å². The lowest BCUT2D eigenvalue weighted by molar-refractivity contribution is -0.366. The average molecular weight is 1370 g/mol. The molecule has 0 radical (unpaired) electrons. The number of nitrogens with zero attached hydrogens (tertiary/aromatic N) is 4. The predicted octanol–water partition coefficient (Wildman–Crippen LogP) is 8.02. The number of primary amides is 2. The summed E-state index contributed by atoms with van der Waals surface area (Å²) in [6.07, 6.45) is -5.24. The van der Waals surface area contributed by atoms with Crippen molar-refractivity contribution < 1.29 is 86.4 Å². The van der Waals surface area contributed by atoms with Gasteiger partial charge in [-0.05, 0) is 121 Å². The van der Waals surface area contributed by atoms with Gasteiger partial charge in [-0.1, -0.05) is 132 Å². The molecule has 0 saturated heterocycles. The molecule has 8 amide bonds. The topological polar surface area (TPSA) is 370 Å². The van der Waals surface area contributed by atoms with E-state index < -0.39 is 36.4 Å². The zero-order chi connectivity index (χ0) is 70.0. The molecule has 10 rings (SSSR count). The van der Waals surface area contributed by atoms with E-state index >= 15 is 0 Å². The molecule has 8 aromatic rings. The second-order valence-electron chi connectivity index (χ2n) is 21.7. The number of aromatic nitrogens is 2. The number of thiazole rings is 2. The van der Waals surface area contributed by atoms with Crippen LogP contribution in [0, 0.1) is 13.8 Å². The van der Waals surface area contributed by atoms with Gasteiger partial charge in [0.05, 0.1) is 48.7 Å². The number of carbonyl (C=O) groups excluding carboxylic acids is 8. The molecule has 2 aliphatic carbocycles. The highest BCUT2D eigenvalue weighted by atomic mass is 32.1. The van der Waals surface area contributed by atoms with Crippen molar-refractivity contribution in [2.24, 2.45) is 11.5 Å². The molecule has 2 aromatic heterocycles. The van der Waals surface area contributed by atoms with Gasteiger partial charge in [-0.25, -0.2) is 29.4 Å². The number of carboxylic acids is 2. The van der Waals surface area contributed by atoms with Crippen LogP contribution in [-0.2, 0) is 32.3 Å². The van der Waals surface area contributed by atoms with Gasteiger partial charge in [0.1, 0.15) is 21.7 Å². The summed E-state index contributed by atoms with van der Waals surface area (Å²) in [5.74, 6) is -5.90. The maximum atomic E-state index is 13.5. The average Bonchev–Trinajstić information content (AvgIpc) is 1.63. The largest absolute Gasteiger partial charge is 0.542 e. The van der Waals surface area contributed by atoms with Gasteiger partial charge in [-0.2, -0.15) is 26.3 Å². The Hall–Kier alpha value is -10.6. The number of hydrogen-bond acceptors (Lipinski definition) is 14. The summed E-state index contributed by atoms with van der Waals surface area (Å²) in [5.41, 5.74) is 30.0. The zero-order valence-corrected chi connectivity index (χ0v) is 53.2. The molecule has 14 N–H and O–H groups in total. The summed E-state index contributed by atoms with van der Waals surface area (Å²) < 4.78 is 63.1. The van der Waals surface area contributed by atoms with E-state index in [2.05, 4.69) is 44.9 Å². The molecule has 0 spiro atoms. The van der Waals surface area contributed by atoms with Crippen molar-refractivity contribution in [2.75, 3.05) is 33.5 Å². The lowest BCUT2D eigenvalue weighted by Gasteiger charge is -2.20. The van der Waals surface area contributed by atoms with Crippen LogP contribution in [0.15, 0.2) is 146 Å². The number of amides is 8. The third-order valence-corrected chi connectivity index (χ3v) is 16.3. The molecule has 2 saturated carbocycles. The first-order valence-electron chi connectivity index (χ1n) is 29.6. The SMILES string of the molecule is Cc1ccc(C2CC2)cc1N(C(N)=O)c1nc(-c2ccc(NC(=O)CC[NH3+])cc2)c(C(=O)NCc2ccccc2)s1.Cc1ccc(C2CC2)cc1N(C(N)=O)c1nc(-c2ccc(NC(=O)CC[NH3+])cc2)c(C(=O)NCc2ccccc2)s1.O=C([O-])C(F)(F)F.O=C([O-])C(F)(F)F. The Morgan fingerprint density at radius 1 is 0.521 bits per heavy atom. The van der Waals surface area contributed by atoms with Crippen LogP contribution in [-0.4, -0.2) is 83.0 Å². The van der Waals surface area contributed by atoms with Gasteiger partial charge in [0.15, 0.2) is 10.3 Å². The van der Waals surface area contributed by atoms with Gasteiger partial charge in [0, 0.05) is 35.6 Å². The Labute approximate surface area is 553 Å². The lowest BCUT2D eigenvalue weighted by Crippen LogP contribution is -2.51. The summed E-state index contributed by atoms with van der Waals surface area (Å²) in [4.78, 5) is 107. The van der Waals surface area contributed by atoms with Crippen LogP contribution in [0.4, 0.5) is 68.9 Å². The van der Waals surface area contributed by atoms with Gasteiger partial charge in [-0.3, -0.25) is 19.2 Å². The van der Waals surface area contributed by atoms with Gasteiger partial charge in [0.2, 0.25) is 11.8 Å². The molecule has 0 unspecified atom stereocenters. The van der Waals surface area contributed by atoms with Crippen molar-refractivity contribution in [1.82, 2.24) is 20.6 Å². The monoisotopic (exact) mass is 1360 g/mol. The number of carboxylic acid groups (broad SMARTS) is 2. The van der Waals surface area contributed by atoms with Gasteiger partial charge < -0.3 is 64.0 Å². The Morgan fingerprint density at radius 2 is 0.844 bits per heavy atom. The van der Waals surface area contributed by atoms with Gasteiger partial charge in [-0.15, -0.1) is 0 Å². The molecule has 504 valence electrons. The molecule has 0 atom stereocenters. The number of hydrogen-bond donors (Lipinski definition) is 8. The number of aryl methyl sites for hydroxylation is 2. The standard InChI is InChI=1S/2C31H32N6O3S.2C2HF3O2/c2*1-19-7-8-23(21-9-10-21)17-25(19)37(30(33)40)31-36-27(22-11-13-24(14-12-22)35-26(38)15-16-32)28(41-31)29(39)34-18-20-5-3-2-4-6-20;2*3-2(4,5)1(6)7/h2*2-8,11-14,17,21H,9-10,15-16,18,32H2,1H3,(H2,33,40)(H,34,39)(H,35,38);2*(H,6,7). The maximum absolute atomic E-state index is 13.5. The summed E-state index contributed by atoms with van der Waals surface area (Å²) in [6, 6.07) is 44.2. The van der Waals surface area contributed by atoms with Crippen molar-refractivity contribution in [2.45, 2.75) is 89.7 Å². The van der Waals surface area contributed by atoms with Crippen LogP contribution in [0.25, 0.3) is 22.5 Å². The number of nitrogens with two attached hydrogens (primary N) is 2. The van der Waals surface area contributed by atoms with Crippen LogP contribution >= 0.6 is 22.7 Å². The highest BCUT2D eigenvalue weighted by Gasteiger charge is 2.33. The number of benzene rings is 6. The quantitative estimate of drug-likeness (QED) is 0.0336. The van der Waals surface area contributed by atoms with E-state index in [1.54, 1.807) is 48.5 Å². The van der Waals surface area contributed by atoms with Gasteiger partial charge in [0.25, 0.3) is 11.8 Å². The number of alkyl halides is 6. The minimum absolute atomic E-state index is 0.120. The summed E-state index contributed by atoms with van der Waals surface area (Å²) >= 11 is 2.23. The Bertz CT molecular complexity index is 3810. The fourth-order valence-corrected chi connectivity index (χ4v) is 11.2. The third kappa shape index (κ3) is 20.7. The van der Waals surface area contributed by atoms with E-state index in [9.17, 15) is 55.1 Å². The molecular formula is C66H66F6N12O10S2. The molecule has 6 aromatic carbocycles. The van der Waals surface area contributed by atoms with E-state index in [-0.39, 0.29) is 23.6 Å². The fraction of sp³-hybridized carbons (Fsp3) is 0.242. The zero-order valence-electron chi connectivity index (χ0n) is 51.6. The predicted molar refractivity (Wildman–Crippen MR) is 344 cm³/mol. The summed E-state index contributed by atoms with van der Waals surface area (Å²) in [6.45, 7) is 5.53. The molecule has 22 nitrogen and oxygen atoms in total. The van der Waals surface area contributed by atoms with E-state index in [0.717, 1.165) is 81.7 Å². The van der Waals surface area contributed by atoms with Crippen LogP contribution in [0.3, 0.4) is 0 Å². The number of anilines is 6. The molecule has 2 aliphatic rings. The van der Waals surface area contributed by atoms with Crippen molar-refractivity contribution in [1.29, 1.82) is 0 Å². The smallest absolute Gasteiger partial charge is 0.430 e. The second-order valence-corrected chi connectivity index (χ2v) is 23.7. The van der Waals surface area contributed by atoms with E-state index in [4.69, 9.17) is 41.2 Å². The number of quaternary nitrogens is 2. The second kappa shape index (κ2) is 33.0. The van der Waals surface area contributed by atoms with Crippen molar-refractivity contribution >= 4 is 103 Å². The summed E-state index contributed by atoms with van der Waals surface area (Å²) in [5, 5.41) is 29.8. The van der Waals surface area contributed by atoms with Crippen molar-refractivity contribution in [3.63, 3.8) is 0 Å². The molecule has 30 heteroatoms. The van der Waals surface area contributed by atoms with Crippen molar-refractivity contribution in [3.05, 3.63) is 189 Å². The molecular weight excluding hydrogens is 1300 g/mol. The first-order valence-corrected chi connectivity index (χ1v) is 31.2. The highest BCUT2D eigenvalue weighted by Crippen LogP contribution is 2.46. The number of halogens is 6. The number of urea groups is 2. The highest BCUT2D eigenvalue weighted by molar-refractivity contribution is 7.18. The minimum atomic E-state index is -5.19. The first-order chi connectivity index (χ1) is 45.6. The third-order valence-electron chi connectivity index (χ3n) is 14.3. The van der Waals surface area contributed by atoms with Crippen LogP contribution in [0.5, 0.6) is 0 Å². The lowest BCUT2D eigenvalue weighted by atomic mass is 10.1. The Morgan fingerprint density at radius 3 is 1.12 bits per heavy atom. The molecule has 0 aliphatic heterocycles. The van der Waals surface area contributed by atoms with Crippen LogP contribution in [0.2, 0.25) is 0 Å². The number of carbonyl (C=O) groups is 8. The van der Waals surface area contributed by atoms with E-state index in [1.165, 1.54) is 9.80 Å². The van der Waals surface area contributed by atoms with Crippen LogP contribution in [0.1, 0.15) is 103 Å².